The maximum Gasteiger partial charge on any atom is 0.391 e. The van der Waals surface area contributed by atoms with Gasteiger partial charge in [-0.15, -0.1) is 0 Å². The van der Waals surface area contributed by atoms with Crippen LogP contribution in [0, 0.1) is 0 Å². The van der Waals surface area contributed by atoms with Crippen molar-refractivity contribution >= 4 is 5.91 Å². The number of halogens is 3. The maximum absolute atomic E-state index is 12.0. The first-order valence-corrected chi connectivity index (χ1v) is 4.84. The van der Waals surface area contributed by atoms with Gasteiger partial charge in [0.1, 0.15) is 5.56 Å². The van der Waals surface area contributed by atoms with Crippen LogP contribution in [0.1, 0.15) is 23.7 Å². The second-order valence-corrected chi connectivity index (χ2v) is 3.62. The molecule has 0 bridgehead atoms. The number of aromatic amines is 1. The predicted molar refractivity (Wildman–Crippen MR) is 54.7 cm³/mol. The quantitative estimate of drug-likeness (QED) is 0.850. The molecule has 0 spiro atoms. The van der Waals surface area contributed by atoms with Gasteiger partial charge in [0.2, 0.25) is 0 Å². The topological polar surface area (TPSA) is 62.0 Å². The molecule has 0 aromatic carbocycles. The third-order valence-corrected chi connectivity index (χ3v) is 1.98. The first-order valence-electron chi connectivity index (χ1n) is 4.84. The summed E-state index contributed by atoms with van der Waals surface area (Å²) in [5.41, 5.74) is -0.748. The Morgan fingerprint density at radius 3 is 2.71 bits per heavy atom. The van der Waals surface area contributed by atoms with E-state index >= 15 is 0 Å². The average molecular weight is 248 g/mol. The summed E-state index contributed by atoms with van der Waals surface area (Å²) in [6.45, 7) is 1.22. The van der Waals surface area contributed by atoms with Gasteiger partial charge in [-0.05, 0) is 6.92 Å². The largest absolute Gasteiger partial charge is 0.391 e. The zero-order chi connectivity index (χ0) is 13.1. The number of hydrogen-bond acceptors (Lipinski definition) is 2. The summed E-state index contributed by atoms with van der Waals surface area (Å²) < 4.78 is 36.1. The number of hydrogen-bond donors (Lipinski definition) is 2. The Morgan fingerprint density at radius 2 is 2.18 bits per heavy atom. The van der Waals surface area contributed by atoms with Crippen LogP contribution >= 0.6 is 0 Å². The maximum atomic E-state index is 12.0. The van der Waals surface area contributed by atoms with Crippen molar-refractivity contribution in [1.82, 2.24) is 10.3 Å². The molecule has 17 heavy (non-hydrogen) atoms. The lowest BCUT2D eigenvalue weighted by Crippen LogP contribution is -2.37. The molecule has 1 amide bonds. The highest BCUT2D eigenvalue weighted by molar-refractivity contribution is 5.93. The van der Waals surface area contributed by atoms with Crippen LogP contribution in [0.15, 0.2) is 23.3 Å². The number of aromatic nitrogens is 1. The van der Waals surface area contributed by atoms with E-state index in [1.165, 1.54) is 13.1 Å². The monoisotopic (exact) mass is 248 g/mol. The molecule has 0 saturated heterocycles. The summed E-state index contributed by atoms with van der Waals surface area (Å²) in [6, 6.07) is 0.0469. The highest BCUT2D eigenvalue weighted by Gasteiger charge is 2.30. The van der Waals surface area contributed by atoms with Crippen LogP contribution in [0.3, 0.4) is 0 Å². The van der Waals surface area contributed by atoms with E-state index in [1.807, 2.05) is 0 Å². The standard InChI is InChI=1S/C10H11F3N2O2/c1-6(4-10(11,12)13)15-9(17)7-5-14-3-2-8(7)16/h2-3,5-6H,4H2,1H3,(H,14,16)(H,15,17). The van der Waals surface area contributed by atoms with E-state index in [1.54, 1.807) is 0 Å². The predicted octanol–water partition coefficient (Wildman–Crippen LogP) is 1.45. The van der Waals surface area contributed by atoms with E-state index < -0.39 is 30.0 Å². The zero-order valence-electron chi connectivity index (χ0n) is 8.97. The minimum atomic E-state index is -4.35. The van der Waals surface area contributed by atoms with Gasteiger partial charge in [0.05, 0.1) is 6.42 Å². The van der Waals surface area contributed by atoms with E-state index in [0.29, 0.717) is 0 Å². The second kappa shape index (κ2) is 5.03. The van der Waals surface area contributed by atoms with Crippen molar-refractivity contribution in [2.75, 3.05) is 0 Å². The molecule has 0 aliphatic carbocycles. The van der Waals surface area contributed by atoms with Gasteiger partial charge in [-0.25, -0.2) is 0 Å². The normalized spacial score (nSPS) is 13.2. The highest BCUT2D eigenvalue weighted by atomic mass is 19.4. The molecule has 2 N–H and O–H groups in total. The molecule has 1 atom stereocenters. The molecule has 0 saturated carbocycles. The number of carbonyl (C=O) groups is 1. The van der Waals surface area contributed by atoms with E-state index in [2.05, 4.69) is 10.3 Å². The van der Waals surface area contributed by atoms with Crippen molar-refractivity contribution in [2.24, 2.45) is 0 Å². The molecule has 94 valence electrons. The molecule has 0 aliphatic rings. The summed E-state index contributed by atoms with van der Waals surface area (Å²) in [5, 5.41) is 2.11. The van der Waals surface area contributed by atoms with Crippen molar-refractivity contribution in [2.45, 2.75) is 25.6 Å². The van der Waals surface area contributed by atoms with E-state index in [-0.39, 0.29) is 5.56 Å². The van der Waals surface area contributed by atoms with Crippen LogP contribution in [-0.2, 0) is 0 Å². The fourth-order valence-corrected chi connectivity index (χ4v) is 1.29. The van der Waals surface area contributed by atoms with Crippen LogP contribution in [-0.4, -0.2) is 23.1 Å². The molecule has 1 aromatic heterocycles. The van der Waals surface area contributed by atoms with Gasteiger partial charge in [-0.3, -0.25) is 9.59 Å². The average Bonchev–Trinajstić information content (AvgIpc) is 2.14. The molecule has 0 fully saturated rings. The van der Waals surface area contributed by atoms with Crippen LogP contribution in [0.2, 0.25) is 0 Å². The Hall–Kier alpha value is -1.79. The first kappa shape index (κ1) is 13.3. The van der Waals surface area contributed by atoms with Gasteiger partial charge >= 0.3 is 6.18 Å². The molecule has 1 aromatic rings. The number of carbonyl (C=O) groups excluding carboxylic acids is 1. The molecule has 1 heterocycles. The minimum Gasteiger partial charge on any atom is -0.367 e. The summed E-state index contributed by atoms with van der Waals surface area (Å²) in [7, 11) is 0. The van der Waals surface area contributed by atoms with E-state index in [0.717, 1.165) is 12.3 Å². The SMILES string of the molecule is CC(CC(F)(F)F)NC(=O)c1c[nH]ccc1=O. The lowest BCUT2D eigenvalue weighted by atomic mass is 10.2. The summed E-state index contributed by atoms with van der Waals surface area (Å²) in [4.78, 5) is 25.2. The Kier molecular flexibility index (Phi) is 3.93. The van der Waals surface area contributed by atoms with Crippen LogP contribution in [0.25, 0.3) is 0 Å². The van der Waals surface area contributed by atoms with E-state index in [9.17, 15) is 22.8 Å². The number of alkyl halides is 3. The number of rotatable bonds is 3. The number of amides is 1. The Morgan fingerprint density at radius 1 is 1.53 bits per heavy atom. The number of pyridine rings is 1. The fraction of sp³-hybridized carbons (Fsp3) is 0.400. The van der Waals surface area contributed by atoms with E-state index in [4.69, 9.17) is 0 Å². The van der Waals surface area contributed by atoms with Gasteiger partial charge < -0.3 is 10.3 Å². The molecule has 0 aliphatic heterocycles. The Labute approximate surface area is 94.8 Å². The van der Waals surface area contributed by atoms with Crippen molar-refractivity contribution in [3.63, 3.8) is 0 Å². The smallest absolute Gasteiger partial charge is 0.367 e. The van der Waals surface area contributed by atoms with Crippen LogP contribution in [0.4, 0.5) is 13.2 Å². The Balaban J connectivity index is 2.68. The lowest BCUT2D eigenvalue weighted by molar-refractivity contribution is -0.138. The minimum absolute atomic E-state index is 0.207. The number of nitrogens with one attached hydrogen (secondary N) is 2. The van der Waals surface area contributed by atoms with Crippen molar-refractivity contribution in [1.29, 1.82) is 0 Å². The van der Waals surface area contributed by atoms with Gasteiger partial charge in [0, 0.05) is 24.5 Å². The van der Waals surface area contributed by atoms with Crippen molar-refractivity contribution in [3.8, 4) is 0 Å². The number of H-pyrrole nitrogens is 1. The second-order valence-electron chi connectivity index (χ2n) is 3.62. The first-order chi connectivity index (χ1) is 7.79. The Bertz CT molecular complexity index is 453. The summed E-state index contributed by atoms with van der Waals surface area (Å²) in [6.07, 6.45) is -3.00. The van der Waals surface area contributed by atoms with Gasteiger partial charge in [0.25, 0.3) is 5.91 Å². The van der Waals surface area contributed by atoms with Crippen LogP contribution in [0.5, 0.6) is 0 Å². The third kappa shape index (κ3) is 4.29. The summed E-state index contributed by atoms with van der Waals surface area (Å²) >= 11 is 0. The van der Waals surface area contributed by atoms with Crippen LogP contribution < -0.4 is 10.7 Å². The summed E-state index contributed by atoms with van der Waals surface area (Å²) in [5.74, 6) is -0.816. The molecule has 1 rings (SSSR count). The van der Waals surface area contributed by atoms with Gasteiger partial charge in [-0.1, -0.05) is 0 Å². The molecule has 7 heteroatoms. The molecular formula is C10H11F3N2O2. The third-order valence-electron chi connectivity index (χ3n) is 1.98. The molecular weight excluding hydrogens is 237 g/mol. The molecule has 4 nitrogen and oxygen atoms in total. The molecule has 1 unspecified atom stereocenters. The highest BCUT2D eigenvalue weighted by Crippen LogP contribution is 2.21. The van der Waals surface area contributed by atoms with Gasteiger partial charge in [-0.2, -0.15) is 13.2 Å². The van der Waals surface area contributed by atoms with Crippen molar-refractivity contribution < 1.29 is 18.0 Å². The van der Waals surface area contributed by atoms with Gasteiger partial charge in [0.15, 0.2) is 5.43 Å². The lowest BCUT2D eigenvalue weighted by Gasteiger charge is -2.15. The van der Waals surface area contributed by atoms with Crippen molar-refractivity contribution in [3.05, 3.63) is 34.2 Å². The fourth-order valence-electron chi connectivity index (χ4n) is 1.29. The molecule has 0 radical (unpaired) electrons. The zero-order valence-corrected chi connectivity index (χ0v) is 8.97.